The predicted molar refractivity (Wildman–Crippen MR) is 64.2 cm³/mol. The SMILES string of the molecule is Fc1cccc2c(Cl)c3cccc(F)c3nc12. The maximum atomic E-state index is 13.6. The Morgan fingerprint density at radius 1 is 0.824 bits per heavy atom. The van der Waals surface area contributed by atoms with Crippen molar-refractivity contribution in [3.63, 3.8) is 0 Å². The van der Waals surface area contributed by atoms with Gasteiger partial charge in [-0.1, -0.05) is 35.9 Å². The van der Waals surface area contributed by atoms with Gasteiger partial charge in [-0.05, 0) is 12.1 Å². The van der Waals surface area contributed by atoms with E-state index in [0.717, 1.165) is 0 Å². The van der Waals surface area contributed by atoms with E-state index in [9.17, 15) is 8.78 Å². The van der Waals surface area contributed by atoms with Gasteiger partial charge < -0.3 is 0 Å². The number of hydrogen-bond acceptors (Lipinski definition) is 1. The minimum absolute atomic E-state index is 0.0927. The van der Waals surface area contributed by atoms with E-state index in [2.05, 4.69) is 4.98 Å². The van der Waals surface area contributed by atoms with Crippen LogP contribution in [0, 0.1) is 11.6 Å². The van der Waals surface area contributed by atoms with Gasteiger partial charge in [-0.3, -0.25) is 0 Å². The topological polar surface area (TPSA) is 12.9 Å². The van der Waals surface area contributed by atoms with E-state index in [1.54, 1.807) is 24.3 Å². The number of nitrogens with zero attached hydrogens (tertiary/aromatic N) is 1. The molecule has 0 saturated carbocycles. The lowest BCUT2D eigenvalue weighted by Crippen LogP contribution is -1.90. The third kappa shape index (κ3) is 1.46. The normalized spacial score (nSPS) is 11.2. The first kappa shape index (κ1) is 10.4. The molecule has 0 atom stereocenters. The maximum absolute atomic E-state index is 13.6. The van der Waals surface area contributed by atoms with E-state index in [0.29, 0.717) is 15.8 Å². The van der Waals surface area contributed by atoms with Crippen LogP contribution in [0.3, 0.4) is 0 Å². The number of rotatable bonds is 0. The van der Waals surface area contributed by atoms with Gasteiger partial charge in [0.05, 0.1) is 5.02 Å². The Hall–Kier alpha value is -1.74. The fourth-order valence-electron chi connectivity index (χ4n) is 1.87. The summed E-state index contributed by atoms with van der Waals surface area (Å²) >= 11 is 6.14. The molecule has 0 aliphatic rings. The Morgan fingerprint density at radius 3 is 1.76 bits per heavy atom. The third-order valence-corrected chi connectivity index (χ3v) is 3.08. The maximum Gasteiger partial charge on any atom is 0.149 e. The van der Waals surface area contributed by atoms with E-state index in [-0.39, 0.29) is 11.0 Å². The van der Waals surface area contributed by atoms with E-state index in [4.69, 9.17) is 11.6 Å². The van der Waals surface area contributed by atoms with Crippen molar-refractivity contribution in [1.29, 1.82) is 0 Å². The smallest absolute Gasteiger partial charge is 0.149 e. The van der Waals surface area contributed by atoms with Gasteiger partial charge in [-0.2, -0.15) is 0 Å². The summed E-state index contributed by atoms with van der Waals surface area (Å²) in [6, 6.07) is 8.99. The highest BCUT2D eigenvalue weighted by Gasteiger charge is 2.12. The molecule has 1 nitrogen and oxygen atoms in total. The number of fused-ring (bicyclic) bond motifs is 2. The zero-order valence-electron chi connectivity index (χ0n) is 8.55. The van der Waals surface area contributed by atoms with Crippen LogP contribution in [0.5, 0.6) is 0 Å². The molecular weight excluding hydrogens is 244 g/mol. The van der Waals surface area contributed by atoms with Crippen LogP contribution >= 0.6 is 11.6 Å². The van der Waals surface area contributed by atoms with Crippen molar-refractivity contribution in [1.82, 2.24) is 4.98 Å². The lowest BCUT2D eigenvalue weighted by Gasteiger charge is -2.06. The highest BCUT2D eigenvalue weighted by molar-refractivity contribution is 6.40. The van der Waals surface area contributed by atoms with E-state index >= 15 is 0 Å². The summed E-state index contributed by atoms with van der Waals surface area (Å²) in [4.78, 5) is 4.00. The first-order chi connectivity index (χ1) is 8.18. The van der Waals surface area contributed by atoms with Crippen LogP contribution < -0.4 is 0 Å². The van der Waals surface area contributed by atoms with Gasteiger partial charge in [0.25, 0.3) is 0 Å². The quantitative estimate of drug-likeness (QED) is 0.541. The summed E-state index contributed by atoms with van der Waals surface area (Å²) in [6.45, 7) is 0. The molecule has 4 heteroatoms. The number of hydrogen-bond donors (Lipinski definition) is 0. The van der Waals surface area contributed by atoms with Crippen LogP contribution in [0.2, 0.25) is 5.02 Å². The monoisotopic (exact) mass is 249 g/mol. The minimum Gasteiger partial charge on any atom is -0.241 e. The Labute approximate surface area is 101 Å². The molecule has 0 aliphatic carbocycles. The average Bonchev–Trinajstić information content (AvgIpc) is 2.32. The largest absolute Gasteiger partial charge is 0.241 e. The molecule has 0 aliphatic heterocycles. The molecule has 0 saturated heterocycles. The molecule has 17 heavy (non-hydrogen) atoms. The molecule has 0 radical (unpaired) electrons. The minimum atomic E-state index is -0.505. The molecule has 2 aromatic carbocycles. The first-order valence-corrected chi connectivity index (χ1v) is 5.38. The second-order valence-corrected chi connectivity index (χ2v) is 4.08. The fraction of sp³-hybridized carbons (Fsp3) is 0. The summed E-state index contributed by atoms with van der Waals surface area (Å²) < 4.78 is 27.2. The second kappa shape index (κ2) is 3.64. The Morgan fingerprint density at radius 2 is 1.29 bits per heavy atom. The Balaban J connectivity index is 2.62. The van der Waals surface area contributed by atoms with Gasteiger partial charge in [0.15, 0.2) is 0 Å². The molecule has 3 rings (SSSR count). The molecule has 1 heterocycles. The lowest BCUT2D eigenvalue weighted by molar-refractivity contribution is 0.632. The summed E-state index contributed by atoms with van der Waals surface area (Å²) in [7, 11) is 0. The van der Waals surface area contributed by atoms with Crippen molar-refractivity contribution in [2.75, 3.05) is 0 Å². The van der Waals surface area contributed by atoms with Gasteiger partial charge in [0, 0.05) is 10.8 Å². The van der Waals surface area contributed by atoms with Crippen molar-refractivity contribution in [3.05, 3.63) is 53.1 Å². The van der Waals surface area contributed by atoms with Crippen LogP contribution in [-0.4, -0.2) is 4.98 Å². The molecule has 3 aromatic rings. The van der Waals surface area contributed by atoms with Gasteiger partial charge in [-0.15, -0.1) is 0 Å². The number of halogens is 3. The van der Waals surface area contributed by atoms with Gasteiger partial charge in [0.2, 0.25) is 0 Å². The molecule has 0 amide bonds. The van der Waals surface area contributed by atoms with Gasteiger partial charge >= 0.3 is 0 Å². The lowest BCUT2D eigenvalue weighted by atomic mass is 10.1. The van der Waals surface area contributed by atoms with E-state index in [1.807, 2.05) is 0 Å². The van der Waals surface area contributed by atoms with E-state index in [1.165, 1.54) is 12.1 Å². The first-order valence-electron chi connectivity index (χ1n) is 5.00. The van der Waals surface area contributed by atoms with Crippen molar-refractivity contribution >= 4 is 33.4 Å². The molecular formula is C13H6ClF2N. The molecule has 0 N–H and O–H groups in total. The van der Waals surface area contributed by atoms with Crippen LogP contribution in [0.1, 0.15) is 0 Å². The van der Waals surface area contributed by atoms with Gasteiger partial charge in [-0.25, -0.2) is 13.8 Å². The number of benzene rings is 2. The number of para-hydroxylation sites is 2. The predicted octanol–water partition coefficient (Wildman–Crippen LogP) is 4.32. The molecule has 0 spiro atoms. The van der Waals surface area contributed by atoms with Crippen LogP contribution in [-0.2, 0) is 0 Å². The molecule has 0 fully saturated rings. The third-order valence-electron chi connectivity index (χ3n) is 2.67. The number of aromatic nitrogens is 1. The van der Waals surface area contributed by atoms with Crippen LogP contribution in [0.25, 0.3) is 21.8 Å². The fourth-order valence-corrected chi connectivity index (χ4v) is 2.17. The number of pyridine rings is 1. The highest BCUT2D eigenvalue weighted by Crippen LogP contribution is 2.32. The van der Waals surface area contributed by atoms with Gasteiger partial charge in [0.1, 0.15) is 22.7 Å². The van der Waals surface area contributed by atoms with Crippen LogP contribution in [0.4, 0.5) is 8.78 Å². The average molecular weight is 250 g/mol. The summed E-state index contributed by atoms with van der Waals surface area (Å²) in [5, 5.41) is 1.30. The molecule has 0 unspecified atom stereocenters. The summed E-state index contributed by atoms with van der Waals surface area (Å²) in [6.07, 6.45) is 0. The summed E-state index contributed by atoms with van der Waals surface area (Å²) in [5.74, 6) is -1.01. The van der Waals surface area contributed by atoms with E-state index < -0.39 is 11.6 Å². The van der Waals surface area contributed by atoms with Crippen LogP contribution in [0.15, 0.2) is 36.4 Å². The molecule has 1 aromatic heterocycles. The van der Waals surface area contributed by atoms with Crippen molar-refractivity contribution in [2.45, 2.75) is 0 Å². The molecule has 0 bridgehead atoms. The van der Waals surface area contributed by atoms with Crippen molar-refractivity contribution in [3.8, 4) is 0 Å². The summed E-state index contributed by atoms with van der Waals surface area (Å²) in [5.41, 5.74) is 0.185. The zero-order valence-corrected chi connectivity index (χ0v) is 9.30. The van der Waals surface area contributed by atoms with Crippen molar-refractivity contribution < 1.29 is 8.78 Å². The zero-order chi connectivity index (χ0) is 12.0. The van der Waals surface area contributed by atoms with Crippen molar-refractivity contribution in [2.24, 2.45) is 0 Å². The standard InChI is InChI=1S/C13H6ClF2N/c14-11-7-3-1-5-9(15)12(7)17-13-8(11)4-2-6-10(13)16/h1-6H. The highest BCUT2D eigenvalue weighted by atomic mass is 35.5. The molecule has 84 valence electrons. The Bertz CT molecular complexity index is 680. The Kier molecular flexibility index (Phi) is 2.23. The second-order valence-electron chi connectivity index (χ2n) is 3.70.